The molecule has 1 aromatic rings. The van der Waals surface area contributed by atoms with Gasteiger partial charge in [-0.25, -0.2) is 4.79 Å². The van der Waals surface area contributed by atoms with Crippen molar-refractivity contribution in [1.82, 2.24) is 0 Å². The Hall–Kier alpha value is -1.92. The van der Waals surface area contributed by atoms with Crippen molar-refractivity contribution in [2.24, 2.45) is 10.8 Å². The fourth-order valence-corrected chi connectivity index (χ4v) is 4.28. The molecule has 2 aliphatic rings. The highest BCUT2D eigenvalue weighted by atomic mass is 16.6. The molecule has 40 heavy (non-hydrogen) atoms. The number of hydrogen-bond donors (Lipinski definition) is 0. The van der Waals surface area contributed by atoms with Gasteiger partial charge in [0.05, 0.1) is 84.8 Å². The zero-order valence-corrected chi connectivity index (χ0v) is 24.4. The predicted octanol–water partition coefficient (Wildman–Crippen LogP) is 3.35. The van der Waals surface area contributed by atoms with Crippen LogP contribution in [0.5, 0.6) is 0 Å². The molecular weight excluding hydrogens is 520 g/mol. The second-order valence-corrected chi connectivity index (χ2v) is 10.9. The summed E-state index contributed by atoms with van der Waals surface area (Å²) in [7, 11) is 1.64. The summed E-state index contributed by atoms with van der Waals surface area (Å²) >= 11 is 0. The quantitative estimate of drug-likeness (QED) is 0.125. The number of methoxy groups -OCH3 is 1. The summed E-state index contributed by atoms with van der Waals surface area (Å²) < 4.78 is 45.2. The predicted molar refractivity (Wildman–Crippen MR) is 147 cm³/mol. The third-order valence-corrected chi connectivity index (χ3v) is 7.67. The fraction of sp³-hybridized carbons (Fsp3) is 0.733. The van der Waals surface area contributed by atoms with Gasteiger partial charge in [0.2, 0.25) is 0 Å². The third-order valence-electron chi connectivity index (χ3n) is 7.67. The van der Waals surface area contributed by atoms with Gasteiger partial charge in [0.15, 0.2) is 5.78 Å². The van der Waals surface area contributed by atoms with E-state index < -0.39 is 12.1 Å². The lowest BCUT2D eigenvalue weighted by molar-refractivity contribution is -0.159. The first-order valence-electron chi connectivity index (χ1n) is 14.2. The van der Waals surface area contributed by atoms with Crippen LogP contribution in [-0.2, 0) is 37.9 Å². The van der Waals surface area contributed by atoms with Gasteiger partial charge < -0.3 is 37.9 Å². The van der Waals surface area contributed by atoms with Crippen molar-refractivity contribution in [2.45, 2.75) is 45.8 Å². The molecule has 0 aromatic heterocycles. The van der Waals surface area contributed by atoms with Crippen LogP contribution in [-0.4, -0.2) is 110 Å². The van der Waals surface area contributed by atoms with Gasteiger partial charge in [-0.2, -0.15) is 0 Å². The van der Waals surface area contributed by atoms with Crippen molar-refractivity contribution in [3.63, 3.8) is 0 Å². The van der Waals surface area contributed by atoms with E-state index in [9.17, 15) is 9.59 Å². The summed E-state index contributed by atoms with van der Waals surface area (Å²) in [6, 6.07) is 6.40. The van der Waals surface area contributed by atoms with Crippen molar-refractivity contribution in [3.8, 4) is 0 Å². The Kier molecular flexibility index (Phi) is 13.4. The lowest BCUT2D eigenvalue weighted by atomic mass is 9.84. The lowest BCUT2D eigenvalue weighted by Gasteiger charge is -2.40. The molecule has 0 saturated carbocycles. The van der Waals surface area contributed by atoms with Gasteiger partial charge in [-0.05, 0) is 31.9 Å². The van der Waals surface area contributed by atoms with E-state index in [0.717, 1.165) is 26.1 Å². The third kappa shape index (κ3) is 9.87. The number of benzene rings is 1. The summed E-state index contributed by atoms with van der Waals surface area (Å²) in [6.07, 6.45) is 1.21. The number of esters is 1. The first-order valence-corrected chi connectivity index (χ1v) is 14.2. The van der Waals surface area contributed by atoms with Crippen LogP contribution in [0.4, 0.5) is 0 Å². The molecule has 10 nitrogen and oxygen atoms in total. The smallest absolute Gasteiger partial charge is 0.338 e. The van der Waals surface area contributed by atoms with Crippen molar-refractivity contribution in [1.29, 1.82) is 0 Å². The minimum Gasteiger partial charge on any atom is -0.454 e. The molecule has 0 radical (unpaired) electrons. The zero-order chi connectivity index (χ0) is 28.8. The molecule has 0 bridgehead atoms. The molecule has 2 atom stereocenters. The molecule has 0 spiro atoms. The van der Waals surface area contributed by atoms with E-state index in [1.165, 1.54) is 6.92 Å². The SMILES string of the molecule is CCC1(COCC(COCCOCC(COCC2(CC)COC2)OC(=O)c2ccc(C(C)=O)cc2)OC)COC1. The monoisotopic (exact) mass is 566 g/mol. The molecule has 0 N–H and O–H groups in total. The number of ketones is 1. The standard InChI is InChI=1S/C30H46O10/c1-5-29(19-38-20-29)17-36-14-26(33-4)13-34-11-12-35-15-27(16-37-18-30(6-2)21-39-22-30)40-28(32)25-9-7-24(8-10-25)23(3)31/h7-10,26-27H,5-6,11-22H2,1-4H3. The average molecular weight is 567 g/mol. The molecule has 2 heterocycles. The highest BCUT2D eigenvalue weighted by molar-refractivity contribution is 5.96. The molecule has 1 aromatic carbocycles. The summed E-state index contributed by atoms with van der Waals surface area (Å²) in [4.78, 5) is 24.3. The molecule has 2 aliphatic heterocycles. The van der Waals surface area contributed by atoms with Crippen LogP contribution >= 0.6 is 0 Å². The Morgan fingerprint density at radius 2 is 1.20 bits per heavy atom. The van der Waals surface area contributed by atoms with Gasteiger partial charge in [-0.1, -0.05) is 26.0 Å². The summed E-state index contributed by atoms with van der Waals surface area (Å²) in [5.74, 6) is -0.563. The van der Waals surface area contributed by atoms with E-state index in [4.69, 9.17) is 37.9 Å². The maximum atomic E-state index is 12.8. The molecule has 0 aliphatic carbocycles. The van der Waals surface area contributed by atoms with Gasteiger partial charge >= 0.3 is 5.97 Å². The van der Waals surface area contributed by atoms with Crippen LogP contribution in [0, 0.1) is 10.8 Å². The summed E-state index contributed by atoms with van der Waals surface area (Å²) in [5.41, 5.74) is 1.05. The summed E-state index contributed by atoms with van der Waals surface area (Å²) in [5, 5.41) is 0. The van der Waals surface area contributed by atoms with Crippen LogP contribution in [0.3, 0.4) is 0 Å². The largest absolute Gasteiger partial charge is 0.454 e. The van der Waals surface area contributed by atoms with Gasteiger partial charge in [0.25, 0.3) is 0 Å². The van der Waals surface area contributed by atoms with Gasteiger partial charge in [-0.3, -0.25) is 4.79 Å². The van der Waals surface area contributed by atoms with E-state index in [2.05, 4.69) is 13.8 Å². The maximum absolute atomic E-state index is 12.8. The minimum absolute atomic E-state index is 0.0240. The average Bonchev–Trinajstić information content (AvgIpc) is 2.92. The Balaban J connectivity index is 1.38. The first kappa shape index (κ1) is 32.6. The lowest BCUT2D eigenvalue weighted by Crippen LogP contribution is -2.46. The topological polar surface area (TPSA) is 108 Å². The van der Waals surface area contributed by atoms with Crippen molar-refractivity contribution < 1.29 is 47.5 Å². The number of carbonyl (C=O) groups is 2. The Morgan fingerprint density at radius 3 is 1.62 bits per heavy atom. The Morgan fingerprint density at radius 1 is 0.750 bits per heavy atom. The van der Waals surface area contributed by atoms with Crippen LogP contribution in [0.25, 0.3) is 0 Å². The van der Waals surface area contributed by atoms with Crippen LogP contribution in [0.15, 0.2) is 24.3 Å². The first-order chi connectivity index (χ1) is 19.3. The molecule has 0 amide bonds. The highest BCUT2D eigenvalue weighted by Gasteiger charge is 2.38. The van der Waals surface area contributed by atoms with Crippen LogP contribution in [0.2, 0.25) is 0 Å². The van der Waals surface area contributed by atoms with E-state index in [1.807, 2.05) is 0 Å². The molecule has 226 valence electrons. The van der Waals surface area contributed by atoms with Crippen molar-refractivity contribution >= 4 is 11.8 Å². The minimum atomic E-state index is -0.601. The van der Waals surface area contributed by atoms with E-state index in [-0.39, 0.29) is 35.9 Å². The van der Waals surface area contributed by atoms with Crippen molar-refractivity contribution in [3.05, 3.63) is 35.4 Å². The summed E-state index contributed by atoms with van der Waals surface area (Å²) in [6.45, 7) is 11.6. The zero-order valence-electron chi connectivity index (χ0n) is 24.4. The molecule has 2 fully saturated rings. The van der Waals surface area contributed by atoms with E-state index in [1.54, 1.807) is 31.4 Å². The molecule has 3 rings (SSSR count). The van der Waals surface area contributed by atoms with E-state index in [0.29, 0.717) is 64.0 Å². The maximum Gasteiger partial charge on any atom is 0.338 e. The molecular formula is C30H46O10. The highest BCUT2D eigenvalue weighted by Crippen LogP contribution is 2.32. The van der Waals surface area contributed by atoms with Gasteiger partial charge in [0, 0.05) is 23.5 Å². The van der Waals surface area contributed by atoms with Crippen LogP contribution in [0.1, 0.15) is 54.3 Å². The fourth-order valence-electron chi connectivity index (χ4n) is 4.28. The molecule has 2 unspecified atom stereocenters. The number of carbonyl (C=O) groups excluding carboxylic acids is 2. The number of hydrogen-bond acceptors (Lipinski definition) is 10. The van der Waals surface area contributed by atoms with Crippen molar-refractivity contribution in [2.75, 3.05) is 86.4 Å². The number of rotatable bonds is 21. The number of Topliss-reactive ketones (excluding diaryl/α,β-unsaturated/α-hetero) is 1. The van der Waals surface area contributed by atoms with E-state index >= 15 is 0 Å². The van der Waals surface area contributed by atoms with Gasteiger partial charge in [0.1, 0.15) is 12.2 Å². The number of ether oxygens (including phenoxy) is 8. The Bertz CT molecular complexity index is 883. The van der Waals surface area contributed by atoms with Gasteiger partial charge in [-0.15, -0.1) is 0 Å². The molecule has 2 saturated heterocycles. The van der Waals surface area contributed by atoms with Crippen LogP contribution < -0.4 is 0 Å². The molecule has 10 heteroatoms. The normalized spacial score (nSPS) is 18.8. The Labute approximate surface area is 237 Å². The second-order valence-electron chi connectivity index (χ2n) is 10.9. The second kappa shape index (κ2) is 16.5.